The van der Waals surface area contributed by atoms with Crippen molar-refractivity contribution >= 4 is 50.4 Å². The largest absolute Gasteiger partial charge is 0.506 e. The number of sulfonamides is 1. The van der Waals surface area contributed by atoms with E-state index in [1.165, 1.54) is 0 Å². The summed E-state index contributed by atoms with van der Waals surface area (Å²) in [6.07, 6.45) is -4.75. The first-order valence-corrected chi connectivity index (χ1v) is 12.3. The zero-order valence-corrected chi connectivity index (χ0v) is 19.9. The number of hydrogen-bond acceptors (Lipinski definition) is 5. The van der Waals surface area contributed by atoms with E-state index in [9.17, 15) is 36.3 Å². The number of carboxylic acid groups (broad SMARTS) is 1. The summed E-state index contributed by atoms with van der Waals surface area (Å²) in [7, 11) is -4.21. The minimum atomic E-state index is -5.03. The Labute approximate surface area is 209 Å². The van der Waals surface area contributed by atoms with Crippen LogP contribution in [0.15, 0.2) is 65.7 Å². The number of nitrogens with one attached hydrogen (secondary N) is 2. The molecule has 0 fully saturated rings. The number of phenolic OH excluding ortho intramolecular Hbond substituents is 1. The molecule has 1 unspecified atom stereocenters. The van der Waals surface area contributed by atoms with E-state index >= 15 is 0 Å². The van der Waals surface area contributed by atoms with Crippen LogP contribution >= 0.6 is 11.6 Å². The summed E-state index contributed by atoms with van der Waals surface area (Å²) in [6, 6.07) is 11.4. The summed E-state index contributed by atoms with van der Waals surface area (Å²) in [4.78, 5) is 23.6. The molecule has 36 heavy (non-hydrogen) atoms. The van der Waals surface area contributed by atoms with Gasteiger partial charge in [0.15, 0.2) is 5.41 Å². The molecule has 3 rings (SSSR count). The highest BCUT2D eigenvalue weighted by Crippen LogP contribution is 2.50. The number of allylic oxidation sites excluding steroid dienone is 3. The van der Waals surface area contributed by atoms with Gasteiger partial charge in [0.25, 0.3) is 0 Å². The molecule has 1 aliphatic rings. The van der Waals surface area contributed by atoms with Gasteiger partial charge in [0, 0.05) is 17.1 Å². The van der Waals surface area contributed by atoms with E-state index in [4.69, 9.17) is 16.7 Å². The SMILES string of the molecule is O=C(O)CCS(=O)(=O)Nc1cc(NC(=O)C2(C(F)(F)F)C=CC(c3ccccc3)=C(Cl)C2)ccc1O. The molecule has 1 atom stereocenters. The molecule has 0 aromatic heterocycles. The Kier molecular flexibility index (Phi) is 7.70. The molecule has 1 amide bonds. The number of rotatable bonds is 8. The molecule has 4 N–H and O–H groups in total. The number of phenols is 1. The molecule has 13 heteroatoms. The fourth-order valence-corrected chi connectivity index (χ4v) is 4.87. The van der Waals surface area contributed by atoms with Gasteiger partial charge in [-0.15, -0.1) is 0 Å². The minimum Gasteiger partial charge on any atom is -0.506 e. The van der Waals surface area contributed by atoms with Crippen molar-refractivity contribution in [1.29, 1.82) is 0 Å². The molecule has 0 radical (unpaired) electrons. The quantitative estimate of drug-likeness (QED) is 0.281. The normalized spacial score (nSPS) is 18.1. The van der Waals surface area contributed by atoms with Crippen molar-refractivity contribution in [3.8, 4) is 5.75 Å². The van der Waals surface area contributed by atoms with E-state index in [-0.39, 0.29) is 10.7 Å². The summed E-state index contributed by atoms with van der Waals surface area (Å²) >= 11 is 6.22. The van der Waals surface area contributed by atoms with Gasteiger partial charge < -0.3 is 15.5 Å². The lowest BCUT2D eigenvalue weighted by Crippen LogP contribution is -2.47. The predicted molar refractivity (Wildman–Crippen MR) is 128 cm³/mol. The average molecular weight is 545 g/mol. The Morgan fingerprint density at radius 2 is 1.78 bits per heavy atom. The Bertz CT molecular complexity index is 1340. The van der Waals surface area contributed by atoms with Gasteiger partial charge in [-0.05, 0) is 29.3 Å². The lowest BCUT2D eigenvalue weighted by Gasteiger charge is -2.34. The molecule has 8 nitrogen and oxygen atoms in total. The zero-order chi connectivity index (χ0) is 26.7. The van der Waals surface area contributed by atoms with E-state index in [1.807, 2.05) is 4.72 Å². The molecule has 0 spiro atoms. The first kappa shape index (κ1) is 27.1. The lowest BCUT2D eigenvalue weighted by atomic mass is 9.77. The third-order valence-corrected chi connectivity index (χ3v) is 6.97. The summed E-state index contributed by atoms with van der Waals surface area (Å²) in [5, 5.41) is 20.5. The van der Waals surface area contributed by atoms with E-state index in [1.54, 1.807) is 30.3 Å². The van der Waals surface area contributed by atoms with Crippen molar-refractivity contribution in [2.24, 2.45) is 5.41 Å². The van der Waals surface area contributed by atoms with Gasteiger partial charge in [-0.1, -0.05) is 54.1 Å². The maximum Gasteiger partial charge on any atom is 0.406 e. The summed E-state index contributed by atoms with van der Waals surface area (Å²) in [5.74, 6) is -4.24. The smallest absolute Gasteiger partial charge is 0.406 e. The minimum absolute atomic E-state index is 0.172. The number of aliphatic carboxylic acids is 1. The Morgan fingerprint density at radius 3 is 2.36 bits per heavy atom. The number of anilines is 2. The van der Waals surface area contributed by atoms with Gasteiger partial charge in [0.05, 0.1) is 17.9 Å². The first-order chi connectivity index (χ1) is 16.7. The third kappa shape index (κ3) is 6.00. The van der Waals surface area contributed by atoms with Crippen molar-refractivity contribution in [3.05, 3.63) is 71.3 Å². The van der Waals surface area contributed by atoms with Crippen LogP contribution in [0.1, 0.15) is 18.4 Å². The molecule has 0 heterocycles. The molecular formula is C23H20ClF3N2O6S. The second kappa shape index (κ2) is 10.2. The highest BCUT2D eigenvalue weighted by molar-refractivity contribution is 7.92. The molecule has 1 aliphatic carbocycles. The number of halogens is 4. The molecule has 0 bridgehead atoms. The maximum absolute atomic E-state index is 14.2. The summed E-state index contributed by atoms with van der Waals surface area (Å²) < 4.78 is 68.6. The van der Waals surface area contributed by atoms with Gasteiger partial charge in [0.2, 0.25) is 15.9 Å². The molecule has 2 aromatic carbocycles. The molecule has 0 saturated heterocycles. The molecule has 2 aromatic rings. The van der Waals surface area contributed by atoms with Crippen LogP contribution in [0.4, 0.5) is 24.5 Å². The second-order valence-corrected chi connectivity index (χ2v) is 10.2. The van der Waals surface area contributed by atoms with Gasteiger partial charge in [-0.3, -0.25) is 14.3 Å². The van der Waals surface area contributed by atoms with Crippen LogP contribution < -0.4 is 10.0 Å². The van der Waals surface area contributed by atoms with Crippen LogP contribution in [0.3, 0.4) is 0 Å². The van der Waals surface area contributed by atoms with Crippen molar-refractivity contribution in [2.45, 2.75) is 19.0 Å². The lowest BCUT2D eigenvalue weighted by molar-refractivity contribution is -0.203. The number of carbonyl (C=O) groups is 2. The number of benzene rings is 2. The summed E-state index contributed by atoms with van der Waals surface area (Å²) in [6.45, 7) is 0. The van der Waals surface area contributed by atoms with Gasteiger partial charge in [0.1, 0.15) is 5.75 Å². The Balaban J connectivity index is 1.88. The van der Waals surface area contributed by atoms with E-state index in [2.05, 4.69) is 5.32 Å². The number of alkyl halides is 3. The third-order valence-electron chi connectivity index (χ3n) is 5.36. The zero-order valence-electron chi connectivity index (χ0n) is 18.3. The monoisotopic (exact) mass is 544 g/mol. The van der Waals surface area contributed by atoms with E-state index in [0.717, 1.165) is 30.4 Å². The van der Waals surface area contributed by atoms with Crippen LogP contribution in [0.25, 0.3) is 5.57 Å². The second-order valence-electron chi connectivity index (χ2n) is 7.91. The molecule has 192 valence electrons. The van der Waals surface area contributed by atoms with Crippen molar-refractivity contribution in [2.75, 3.05) is 15.8 Å². The number of hydrogen-bond donors (Lipinski definition) is 4. The van der Waals surface area contributed by atoms with Gasteiger partial charge in [-0.25, -0.2) is 8.42 Å². The standard InChI is InChI=1S/C23H20ClF3N2O6S/c24-17-13-22(23(25,26)27,10-8-16(17)14-4-2-1-3-5-14)21(33)28-15-6-7-19(30)18(12-15)29-36(34,35)11-9-20(31)32/h1-8,10,12,29-30H,9,11,13H2,(H,28,33)(H,31,32). The van der Waals surface area contributed by atoms with E-state index < -0.39 is 63.5 Å². The predicted octanol–water partition coefficient (Wildman–Crippen LogP) is 4.71. The topological polar surface area (TPSA) is 133 Å². The molecule has 0 saturated carbocycles. The van der Waals surface area contributed by atoms with E-state index in [0.29, 0.717) is 11.1 Å². The number of aromatic hydroxyl groups is 1. The van der Waals surface area contributed by atoms with Crippen LogP contribution in [-0.2, 0) is 19.6 Å². The fraction of sp³-hybridized carbons (Fsp3) is 0.217. The Hall–Kier alpha value is -3.51. The summed E-state index contributed by atoms with van der Waals surface area (Å²) in [5.41, 5.74) is -2.80. The number of amides is 1. The van der Waals surface area contributed by atoms with Crippen molar-refractivity contribution in [1.82, 2.24) is 0 Å². The van der Waals surface area contributed by atoms with Gasteiger partial charge in [-0.2, -0.15) is 13.2 Å². The van der Waals surface area contributed by atoms with Crippen molar-refractivity contribution < 1.29 is 41.4 Å². The number of carbonyl (C=O) groups excluding carboxylic acids is 1. The van der Waals surface area contributed by atoms with Crippen LogP contribution in [0.5, 0.6) is 5.75 Å². The van der Waals surface area contributed by atoms with Crippen LogP contribution in [0.2, 0.25) is 0 Å². The van der Waals surface area contributed by atoms with Crippen molar-refractivity contribution in [3.63, 3.8) is 0 Å². The molecule has 0 aliphatic heterocycles. The number of carboxylic acids is 1. The fourth-order valence-electron chi connectivity index (χ4n) is 3.44. The maximum atomic E-state index is 14.2. The Morgan fingerprint density at radius 1 is 1.11 bits per heavy atom. The first-order valence-electron chi connectivity index (χ1n) is 10.3. The van der Waals surface area contributed by atoms with Crippen LogP contribution in [-0.4, -0.2) is 42.4 Å². The molecular weight excluding hydrogens is 525 g/mol. The highest BCUT2D eigenvalue weighted by Gasteiger charge is 2.59. The van der Waals surface area contributed by atoms with Gasteiger partial charge >= 0.3 is 12.1 Å². The van der Waals surface area contributed by atoms with Crippen LogP contribution in [0, 0.1) is 5.41 Å². The highest BCUT2D eigenvalue weighted by atomic mass is 35.5. The average Bonchev–Trinajstić information content (AvgIpc) is 2.79.